The summed E-state index contributed by atoms with van der Waals surface area (Å²) >= 11 is 5.19. The van der Waals surface area contributed by atoms with E-state index in [-0.39, 0.29) is 5.91 Å². The van der Waals surface area contributed by atoms with E-state index >= 15 is 0 Å². The smallest absolute Gasteiger partial charge is 0.221 e. The maximum atomic E-state index is 10.9. The molecule has 102 valence electrons. The summed E-state index contributed by atoms with van der Waals surface area (Å²) in [6, 6.07) is 12.8. The third-order valence-electron chi connectivity index (χ3n) is 2.37. The summed E-state index contributed by atoms with van der Waals surface area (Å²) in [5.74, 6) is 0.581. The molecule has 0 bridgehead atoms. The number of benzene rings is 1. The summed E-state index contributed by atoms with van der Waals surface area (Å²) < 4.78 is 0. The van der Waals surface area contributed by atoms with Gasteiger partial charge >= 0.3 is 0 Å². The molecule has 0 saturated heterocycles. The fraction of sp³-hybridized carbons (Fsp3) is 0.0714. The molecule has 0 aliphatic rings. The molecule has 2 aromatic rings. The standard InChI is InChI=1S/C14H14N4OS/c1-10(19)16-11-5-7-12(8-6-11)17-14(20)18-13-4-2-3-9-15-13/h2-9H,1H3,(H,16,19)(H2,15,17,18,20). The number of aromatic nitrogens is 1. The zero-order valence-electron chi connectivity index (χ0n) is 10.9. The highest BCUT2D eigenvalue weighted by molar-refractivity contribution is 7.80. The number of amides is 1. The number of carbonyl (C=O) groups excluding carboxylic acids is 1. The summed E-state index contributed by atoms with van der Waals surface area (Å²) in [7, 11) is 0. The van der Waals surface area contributed by atoms with E-state index in [9.17, 15) is 4.79 Å². The fourth-order valence-corrected chi connectivity index (χ4v) is 1.78. The van der Waals surface area contributed by atoms with Gasteiger partial charge in [-0.1, -0.05) is 6.07 Å². The van der Waals surface area contributed by atoms with Crippen molar-refractivity contribution in [3.05, 3.63) is 48.7 Å². The van der Waals surface area contributed by atoms with E-state index in [1.165, 1.54) is 6.92 Å². The van der Waals surface area contributed by atoms with E-state index < -0.39 is 0 Å². The Bertz CT molecular complexity index is 598. The van der Waals surface area contributed by atoms with Gasteiger partial charge in [-0.25, -0.2) is 4.98 Å². The van der Waals surface area contributed by atoms with Crippen LogP contribution in [0.3, 0.4) is 0 Å². The minimum atomic E-state index is -0.0990. The summed E-state index contributed by atoms with van der Waals surface area (Å²) in [6.45, 7) is 1.47. The Hall–Kier alpha value is -2.47. The molecule has 5 nitrogen and oxygen atoms in total. The first kappa shape index (κ1) is 14.0. The maximum absolute atomic E-state index is 10.9. The molecule has 0 atom stereocenters. The predicted octanol–water partition coefficient (Wildman–Crippen LogP) is 2.85. The number of thiocarbonyl (C=S) groups is 1. The van der Waals surface area contributed by atoms with Crippen molar-refractivity contribution in [1.29, 1.82) is 0 Å². The minimum absolute atomic E-state index is 0.0990. The molecule has 0 aliphatic carbocycles. The van der Waals surface area contributed by atoms with Gasteiger partial charge in [0.2, 0.25) is 5.91 Å². The third-order valence-corrected chi connectivity index (χ3v) is 2.57. The van der Waals surface area contributed by atoms with Gasteiger partial charge in [-0.3, -0.25) is 4.79 Å². The molecule has 0 radical (unpaired) electrons. The summed E-state index contributed by atoms with van der Waals surface area (Å²) in [5, 5.41) is 9.17. The highest BCUT2D eigenvalue weighted by Gasteiger charge is 2.00. The molecular formula is C14H14N4OS. The van der Waals surface area contributed by atoms with Gasteiger partial charge in [0.25, 0.3) is 0 Å². The van der Waals surface area contributed by atoms with Crippen molar-refractivity contribution in [2.45, 2.75) is 6.92 Å². The molecule has 0 spiro atoms. The van der Waals surface area contributed by atoms with Gasteiger partial charge in [0.15, 0.2) is 5.11 Å². The molecule has 1 heterocycles. The van der Waals surface area contributed by atoms with Gasteiger partial charge in [-0.05, 0) is 48.6 Å². The lowest BCUT2D eigenvalue weighted by atomic mass is 10.3. The van der Waals surface area contributed by atoms with Crippen molar-refractivity contribution in [2.24, 2.45) is 0 Å². The monoisotopic (exact) mass is 286 g/mol. The molecule has 0 saturated carbocycles. The second-order valence-electron chi connectivity index (χ2n) is 4.05. The average molecular weight is 286 g/mol. The van der Waals surface area contributed by atoms with Crippen molar-refractivity contribution in [3.63, 3.8) is 0 Å². The Morgan fingerprint density at radius 1 is 1.00 bits per heavy atom. The molecule has 20 heavy (non-hydrogen) atoms. The Labute approximate surface area is 122 Å². The quantitative estimate of drug-likeness (QED) is 0.757. The van der Waals surface area contributed by atoms with E-state index in [4.69, 9.17) is 12.2 Å². The average Bonchev–Trinajstić information content (AvgIpc) is 2.41. The lowest BCUT2D eigenvalue weighted by Gasteiger charge is -2.10. The minimum Gasteiger partial charge on any atom is -0.332 e. The predicted molar refractivity (Wildman–Crippen MR) is 84.8 cm³/mol. The number of hydrogen-bond donors (Lipinski definition) is 3. The molecule has 3 N–H and O–H groups in total. The van der Waals surface area contributed by atoms with Crippen LogP contribution in [-0.2, 0) is 4.79 Å². The topological polar surface area (TPSA) is 66.1 Å². The number of rotatable bonds is 3. The van der Waals surface area contributed by atoms with Crippen LogP contribution >= 0.6 is 12.2 Å². The van der Waals surface area contributed by atoms with Crippen LogP contribution in [0.4, 0.5) is 17.2 Å². The molecule has 0 fully saturated rings. The van der Waals surface area contributed by atoms with Crippen LogP contribution in [-0.4, -0.2) is 16.0 Å². The molecule has 6 heteroatoms. The Morgan fingerprint density at radius 2 is 1.65 bits per heavy atom. The van der Waals surface area contributed by atoms with Crippen LogP contribution in [0.2, 0.25) is 0 Å². The molecule has 0 unspecified atom stereocenters. The fourth-order valence-electron chi connectivity index (χ4n) is 1.56. The molecule has 1 aromatic heterocycles. The molecule has 1 amide bonds. The van der Waals surface area contributed by atoms with Crippen LogP contribution in [0.5, 0.6) is 0 Å². The number of hydrogen-bond acceptors (Lipinski definition) is 3. The highest BCUT2D eigenvalue weighted by atomic mass is 32.1. The van der Waals surface area contributed by atoms with E-state index in [0.717, 1.165) is 11.4 Å². The lowest BCUT2D eigenvalue weighted by molar-refractivity contribution is -0.114. The van der Waals surface area contributed by atoms with Crippen molar-refractivity contribution < 1.29 is 4.79 Å². The zero-order valence-corrected chi connectivity index (χ0v) is 11.7. The van der Waals surface area contributed by atoms with E-state index in [1.807, 2.05) is 30.3 Å². The maximum Gasteiger partial charge on any atom is 0.221 e. The summed E-state index contributed by atoms with van der Waals surface area (Å²) in [4.78, 5) is 15.0. The summed E-state index contributed by atoms with van der Waals surface area (Å²) in [5.41, 5.74) is 1.57. The van der Waals surface area contributed by atoms with Crippen LogP contribution < -0.4 is 16.0 Å². The van der Waals surface area contributed by atoms with E-state index in [2.05, 4.69) is 20.9 Å². The van der Waals surface area contributed by atoms with Gasteiger partial charge < -0.3 is 16.0 Å². The largest absolute Gasteiger partial charge is 0.332 e. The van der Waals surface area contributed by atoms with Crippen LogP contribution in [0, 0.1) is 0 Å². The second-order valence-corrected chi connectivity index (χ2v) is 4.46. The van der Waals surface area contributed by atoms with Crippen molar-refractivity contribution in [2.75, 3.05) is 16.0 Å². The van der Waals surface area contributed by atoms with E-state index in [1.54, 1.807) is 18.3 Å². The number of pyridine rings is 1. The van der Waals surface area contributed by atoms with Crippen molar-refractivity contribution in [1.82, 2.24) is 4.98 Å². The van der Waals surface area contributed by atoms with Crippen molar-refractivity contribution in [3.8, 4) is 0 Å². The van der Waals surface area contributed by atoms with Gasteiger partial charge in [0.1, 0.15) is 5.82 Å². The summed E-state index contributed by atoms with van der Waals surface area (Å²) in [6.07, 6.45) is 1.69. The number of nitrogens with zero attached hydrogens (tertiary/aromatic N) is 1. The van der Waals surface area contributed by atoms with Crippen molar-refractivity contribution >= 4 is 40.4 Å². The van der Waals surface area contributed by atoms with Gasteiger partial charge in [0, 0.05) is 24.5 Å². The second kappa shape index (κ2) is 6.63. The first-order valence-electron chi connectivity index (χ1n) is 6.00. The number of anilines is 3. The van der Waals surface area contributed by atoms with Crippen LogP contribution in [0.1, 0.15) is 6.92 Å². The van der Waals surface area contributed by atoms with Gasteiger partial charge in [0.05, 0.1) is 0 Å². The molecule has 0 aliphatic heterocycles. The first-order chi connectivity index (χ1) is 9.63. The number of nitrogens with one attached hydrogen (secondary N) is 3. The molecule has 1 aromatic carbocycles. The number of carbonyl (C=O) groups is 1. The first-order valence-corrected chi connectivity index (χ1v) is 6.41. The molecular weight excluding hydrogens is 272 g/mol. The van der Waals surface area contributed by atoms with Gasteiger partial charge in [-0.15, -0.1) is 0 Å². The third kappa shape index (κ3) is 4.33. The Morgan fingerprint density at radius 3 is 2.20 bits per heavy atom. The Kier molecular flexibility index (Phi) is 4.62. The lowest BCUT2D eigenvalue weighted by Crippen LogP contribution is -2.19. The van der Waals surface area contributed by atoms with Gasteiger partial charge in [-0.2, -0.15) is 0 Å². The normalized spacial score (nSPS) is 9.65. The SMILES string of the molecule is CC(=O)Nc1ccc(NC(=S)Nc2ccccn2)cc1. The highest BCUT2D eigenvalue weighted by Crippen LogP contribution is 2.14. The Balaban J connectivity index is 1.93. The van der Waals surface area contributed by atoms with E-state index in [0.29, 0.717) is 10.9 Å². The van der Waals surface area contributed by atoms with Crippen LogP contribution in [0.25, 0.3) is 0 Å². The van der Waals surface area contributed by atoms with Crippen LogP contribution in [0.15, 0.2) is 48.7 Å². The molecule has 2 rings (SSSR count). The zero-order chi connectivity index (χ0) is 14.4.